The van der Waals surface area contributed by atoms with Gasteiger partial charge in [0, 0.05) is 11.4 Å². The molecule has 34 heavy (non-hydrogen) atoms. The fraction of sp³-hybridized carbons (Fsp3) is 0.125. The maximum absolute atomic E-state index is 13.2. The summed E-state index contributed by atoms with van der Waals surface area (Å²) in [5.74, 6) is -0.619. The van der Waals surface area contributed by atoms with Crippen LogP contribution in [0, 0.1) is 11.3 Å². The Morgan fingerprint density at radius 3 is 2.62 bits per heavy atom. The molecule has 0 aliphatic rings. The largest absolute Gasteiger partial charge is 0.337 e. The third-order valence-electron chi connectivity index (χ3n) is 4.82. The first-order chi connectivity index (χ1) is 16.5. The number of hydrogen-bond donors (Lipinski definition) is 2. The highest BCUT2D eigenvalue weighted by Crippen LogP contribution is 2.21. The second-order valence-electron chi connectivity index (χ2n) is 7.13. The van der Waals surface area contributed by atoms with E-state index in [9.17, 15) is 14.4 Å². The van der Waals surface area contributed by atoms with Gasteiger partial charge in [0.05, 0.1) is 34.0 Å². The molecule has 0 radical (unpaired) electrons. The van der Waals surface area contributed by atoms with E-state index in [0.717, 1.165) is 16.6 Å². The Bertz CT molecular complexity index is 1420. The number of carbonyl (C=O) groups excluding carboxylic acids is 2. The van der Waals surface area contributed by atoms with Crippen molar-refractivity contribution in [3.63, 3.8) is 0 Å². The Morgan fingerprint density at radius 1 is 1.09 bits per heavy atom. The Labute approximate surface area is 203 Å². The van der Waals surface area contributed by atoms with E-state index in [1.165, 1.54) is 4.57 Å². The number of thiophene rings is 1. The SMILES string of the molecule is N#Cc1ccc(-n2c(SCC(=O)NC(=O)NCCc3cccs3)nc3ccccc3c2=O)cc1. The highest BCUT2D eigenvalue weighted by atomic mass is 32.2. The van der Waals surface area contributed by atoms with Crippen molar-refractivity contribution in [1.29, 1.82) is 5.26 Å². The fourth-order valence-corrected chi connectivity index (χ4v) is 4.73. The van der Waals surface area contributed by atoms with E-state index in [4.69, 9.17) is 5.26 Å². The summed E-state index contributed by atoms with van der Waals surface area (Å²) in [6.07, 6.45) is 0.686. The van der Waals surface area contributed by atoms with E-state index in [2.05, 4.69) is 15.6 Å². The Kier molecular flexibility index (Phi) is 7.37. The van der Waals surface area contributed by atoms with Gasteiger partial charge in [-0.3, -0.25) is 19.5 Å². The summed E-state index contributed by atoms with van der Waals surface area (Å²) in [7, 11) is 0. The first-order valence-corrected chi connectivity index (χ1v) is 12.2. The Morgan fingerprint density at radius 2 is 1.88 bits per heavy atom. The van der Waals surface area contributed by atoms with Crippen LogP contribution in [0.1, 0.15) is 10.4 Å². The van der Waals surface area contributed by atoms with Crippen molar-refractivity contribution in [2.24, 2.45) is 0 Å². The van der Waals surface area contributed by atoms with Crippen molar-refractivity contribution in [2.75, 3.05) is 12.3 Å². The molecule has 0 atom stereocenters. The van der Waals surface area contributed by atoms with Crippen LogP contribution in [0.2, 0.25) is 0 Å². The molecule has 0 bridgehead atoms. The molecule has 8 nitrogen and oxygen atoms in total. The van der Waals surface area contributed by atoms with Crippen LogP contribution in [0.5, 0.6) is 0 Å². The van der Waals surface area contributed by atoms with Gasteiger partial charge in [-0.2, -0.15) is 5.26 Å². The molecule has 170 valence electrons. The number of benzene rings is 2. The van der Waals surface area contributed by atoms with E-state index in [1.807, 2.05) is 23.6 Å². The molecule has 2 aromatic carbocycles. The van der Waals surface area contributed by atoms with E-state index in [1.54, 1.807) is 59.9 Å². The van der Waals surface area contributed by atoms with Crippen LogP contribution >= 0.6 is 23.1 Å². The monoisotopic (exact) mass is 489 g/mol. The number of amides is 3. The van der Waals surface area contributed by atoms with Crippen molar-refractivity contribution in [3.05, 3.63) is 86.8 Å². The van der Waals surface area contributed by atoms with Gasteiger partial charge in [-0.05, 0) is 54.3 Å². The highest BCUT2D eigenvalue weighted by molar-refractivity contribution is 7.99. The van der Waals surface area contributed by atoms with Gasteiger partial charge in [-0.15, -0.1) is 11.3 Å². The number of para-hydroxylation sites is 1. The van der Waals surface area contributed by atoms with Gasteiger partial charge in [-0.1, -0.05) is 30.0 Å². The number of fused-ring (bicyclic) bond motifs is 1. The maximum Gasteiger partial charge on any atom is 0.321 e. The second-order valence-corrected chi connectivity index (χ2v) is 9.11. The fourth-order valence-electron chi connectivity index (χ4n) is 3.21. The second kappa shape index (κ2) is 10.8. The van der Waals surface area contributed by atoms with Gasteiger partial charge in [-0.25, -0.2) is 9.78 Å². The minimum atomic E-state index is -0.571. The average Bonchev–Trinajstić information content (AvgIpc) is 3.36. The molecule has 0 unspecified atom stereocenters. The summed E-state index contributed by atoms with van der Waals surface area (Å²) in [4.78, 5) is 43.3. The minimum absolute atomic E-state index is 0.112. The van der Waals surface area contributed by atoms with Crippen molar-refractivity contribution < 1.29 is 9.59 Å². The van der Waals surface area contributed by atoms with Crippen LogP contribution in [-0.2, 0) is 11.2 Å². The lowest BCUT2D eigenvalue weighted by Crippen LogP contribution is -2.41. The van der Waals surface area contributed by atoms with E-state index in [-0.39, 0.29) is 11.3 Å². The molecule has 0 aliphatic carbocycles. The summed E-state index contributed by atoms with van der Waals surface area (Å²) in [5.41, 5.74) is 1.21. The van der Waals surface area contributed by atoms with E-state index in [0.29, 0.717) is 40.3 Å². The number of rotatable bonds is 7. The number of nitriles is 1. The number of urea groups is 1. The van der Waals surface area contributed by atoms with Crippen LogP contribution in [0.15, 0.2) is 76.0 Å². The van der Waals surface area contributed by atoms with Gasteiger partial charge in [0.1, 0.15) is 0 Å². The maximum atomic E-state index is 13.2. The van der Waals surface area contributed by atoms with E-state index < -0.39 is 11.9 Å². The lowest BCUT2D eigenvalue weighted by Gasteiger charge is -2.13. The van der Waals surface area contributed by atoms with Gasteiger partial charge in [0.15, 0.2) is 5.16 Å². The topological polar surface area (TPSA) is 117 Å². The molecular weight excluding hydrogens is 470 g/mol. The first-order valence-electron chi connectivity index (χ1n) is 10.3. The number of thioether (sulfide) groups is 1. The zero-order valence-electron chi connectivity index (χ0n) is 17.9. The summed E-state index contributed by atoms with van der Waals surface area (Å²) in [6.45, 7) is 0.414. The molecule has 0 fully saturated rings. The molecule has 0 aliphatic heterocycles. The predicted octanol–water partition coefficient (Wildman–Crippen LogP) is 3.48. The Hall–Kier alpha value is -3.94. The van der Waals surface area contributed by atoms with Crippen molar-refractivity contribution in [3.8, 4) is 11.8 Å². The van der Waals surface area contributed by atoms with Crippen molar-refractivity contribution >= 4 is 45.9 Å². The summed E-state index contributed by atoms with van der Waals surface area (Å²) < 4.78 is 1.41. The predicted molar refractivity (Wildman–Crippen MR) is 132 cm³/mol. The molecule has 4 aromatic rings. The Balaban J connectivity index is 1.48. The number of nitrogens with one attached hydrogen (secondary N) is 2. The normalized spacial score (nSPS) is 10.6. The molecule has 0 spiro atoms. The smallest absolute Gasteiger partial charge is 0.321 e. The standard InChI is InChI=1S/C24H19N5O3S2/c25-14-16-7-9-17(10-8-16)29-22(31)19-5-1-2-6-20(19)27-24(29)34-15-21(30)28-23(32)26-12-11-18-4-3-13-33-18/h1-10,13H,11-12,15H2,(H2,26,28,30,32). The average molecular weight is 490 g/mol. The molecule has 2 N–H and O–H groups in total. The molecule has 2 aromatic heterocycles. The molecule has 0 saturated carbocycles. The van der Waals surface area contributed by atoms with Crippen molar-refractivity contribution in [1.82, 2.24) is 20.2 Å². The summed E-state index contributed by atoms with van der Waals surface area (Å²) in [5, 5.41) is 16.7. The number of imide groups is 1. The molecule has 4 rings (SSSR count). The molecular formula is C24H19N5O3S2. The van der Waals surface area contributed by atoms with Crippen LogP contribution in [-0.4, -0.2) is 33.8 Å². The summed E-state index contributed by atoms with van der Waals surface area (Å²) >= 11 is 2.65. The van der Waals surface area contributed by atoms with Gasteiger partial charge >= 0.3 is 6.03 Å². The molecule has 3 amide bonds. The first kappa shape index (κ1) is 23.2. The number of hydrogen-bond acceptors (Lipinski definition) is 7. The van der Waals surface area contributed by atoms with Crippen LogP contribution < -0.4 is 16.2 Å². The summed E-state index contributed by atoms with van der Waals surface area (Å²) in [6, 6.07) is 18.9. The zero-order valence-corrected chi connectivity index (χ0v) is 19.5. The van der Waals surface area contributed by atoms with Gasteiger partial charge in [0.2, 0.25) is 5.91 Å². The van der Waals surface area contributed by atoms with Crippen LogP contribution in [0.4, 0.5) is 4.79 Å². The van der Waals surface area contributed by atoms with Crippen LogP contribution in [0.25, 0.3) is 16.6 Å². The zero-order chi connectivity index (χ0) is 23.9. The van der Waals surface area contributed by atoms with Gasteiger partial charge in [0.25, 0.3) is 5.56 Å². The highest BCUT2D eigenvalue weighted by Gasteiger charge is 2.16. The molecule has 0 saturated heterocycles. The van der Waals surface area contributed by atoms with E-state index >= 15 is 0 Å². The molecule has 10 heteroatoms. The van der Waals surface area contributed by atoms with Crippen molar-refractivity contribution in [2.45, 2.75) is 11.6 Å². The minimum Gasteiger partial charge on any atom is -0.337 e. The van der Waals surface area contributed by atoms with Gasteiger partial charge < -0.3 is 5.32 Å². The number of carbonyl (C=O) groups is 2. The molecule has 2 heterocycles. The third kappa shape index (κ3) is 5.51. The number of nitrogens with zero attached hydrogens (tertiary/aromatic N) is 3. The number of aromatic nitrogens is 2. The lowest BCUT2D eigenvalue weighted by molar-refractivity contribution is -0.117. The lowest BCUT2D eigenvalue weighted by atomic mass is 10.2. The van der Waals surface area contributed by atoms with Crippen LogP contribution in [0.3, 0.4) is 0 Å². The quantitative estimate of drug-likeness (QED) is 0.303. The third-order valence-corrected chi connectivity index (χ3v) is 6.70.